The first-order valence-corrected chi connectivity index (χ1v) is 15.1. The number of nitrogens with zero attached hydrogens (tertiary/aromatic N) is 3. The molecule has 2 saturated heterocycles. The number of amides is 3. The van der Waals surface area contributed by atoms with Gasteiger partial charge in [-0.1, -0.05) is 65.8 Å². The third-order valence-electron chi connectivity index (χ3n) is 9.11. The lowest BCUT2D eigenvalue weighted by Crippen LogP contribution is -2.62. The van der Waals surface area contributed by atoms with Gasteiger partial charge in [0, 0.05) is 25.2 Å². The van der Waals surface area contributed by atoms with Crippen molar-refractivity contribution in [2.75, 3.05) is 26.2 Å². The summed E-state index contributed by atoms with van der Waals surface area (Å²) in [6.07, 6.45) is 9.85. The number of hydrogen-bond donors (Lipinski definition) is 1. The maximum absolute atomic E-state index is 14.8. The summed E-state index contributed by atoms with van der Waals surface area (Å²) in [5, 5.41) is 10.6. The van der Waals surface area contributed by atoms with E-state index >= 15 is 0 Å². The van der Waals surface area contributed by atoms with Crippen molar-refractivity contribution in [3.63, 3.8) is 0 Å². The first-order chi connectivity index (χ1) is 18.5. The summed E-state index contributed by atoms with van der Waals surface area (Å²) >= 11 is 0. The molecule has 224 valence electrons. The molecule has 8 nitrogen and oxygen atoms in total. The Morgan fingerprint density at radius 1 is 1.00 bits per heavy atom. The van der Waals surface area contributed by atoms with Crippen LogP contribution in [0.2, 0.25) is 0 Å². The summed E-state index contributed by atoms with van der Waals surface area (Å²) < 4.78 is 6.95. The lowest BCUT2D eigenvalue weighted by molar-refractivity contribution is -0.159. The van der Waals surface area contributed by atoms with Crippen molar-refractivity contribution in [1.29, 1.82) is 0 Å². The Balaban J connectivity index is 1.89. The van der Waals surface area contributed by atoms with Gasteiger partial charge in [0.05, 0.1) is 30.1 Å². The van der Waals surface area contributed by atoms with E-state index in [1.165, 1.54) is 0 Å². The number of fused-ring (bicyclic) bond motifs is 2. The second kappa shape index (κ2) is 10.6. The standard InChI is InChI=1S/C32H51N3O5/c1-10-15-33-16-11-13-31(9)23(26(33)37)24-27(38)35(22(19-36)18-21(2)3)25-28(39)34(17-12-14-32(24,25)40-31)30(7,8)20-29(4,5)6/h11-14,21-25,36H,10,15-20H2,1-9H3/t22-,23+,24+,25?,31-,32+/m1/s1. The summed E-state index contributed by atoms with van der Waals surface area (Å²) in [6.45, 7) is 19.8. The van der Waals surface area contributed by atoms with Crippen LogP contribution in [0.1, 0.15) is 81.6 Å². The number of rotatable bonds is 8. The minimum Gasteiger partial charge on any atom is -0.394 e. The smallest absolute Gasteiger partial charge is 0.249 e. The van der Waals surface area contributed by atoms with Gasteiger partial charge in [-0.25, -0.2) is 0 Å². The molecule has 0 aliphatic carbocycles. The number of aliphatic hydroxyl groups excluding tert-OH is 1. The highest BCUT2D eigenvalue weighted by Crippen LogP contribution is 2.58. The van der Waals surface area contributed by atoms with Crippen LogP contribution in [-0.2, 0) is 19.1 Å². The largest absolute Gasteiger partial charge is 0.394 e. The van der Waals surface area contributed by atoms with Crippen molar-refractivity contribution in [1.82, 2.24) is 14.7 Å². The summed E-state index contributed by atoms with van der Waals surface area (Å²) in [6, 6.07) is -1.52. The zero-order valence-electron chi connectivity index (χ0n) is 26.1. The highest BCUT2D eigenvalue weighted by molar-refractivity contribution is 6.00. The SMILES string of the molecule is CCCN1CC=C[C@@]2(C)O[C@]34C=CCN(C(C)(C)CC(C)(C)C)C(=O)C3N([C@@H](CO)CC(C)C)C(=O)[C@@H]4[C@H]2C1=O. The highest BCUT2D eigenvalue weighted by atomic mass is 16.5. The average molecular weight is 558 g/mol. The van der Waals surface area contributed by atoms with Crippen LogP contribution in [-0.4, -0.2) is 92.6 Å². The number of hydrogen-bond acceptors (Lipinski definition) is 5. The minimum absolute atomic E-state index is 0.0268. The number of likely N-dealkylation sites (tertiary alicyclic amines) is 1. The van der Waals surface area contributed by atoms with Gasteiger partial charge in [0.1, 0.15) is 11.6 Å². The van der Waals surface area contributed by atoms with E-state index in [2.05, 4.69) is 34.6 Å². The van der Waals surface area contributed by atoms with Crippen LogP contribution < -0.4 is 0 Å². The first kappa shape index (κ1) is 30.8. The zero-order chi connectivity index (χ0) is 29.8. The summed E-state index contributed by atoms with van der Waals surface area (Å²) in [7, 11) is 0. The monoisotopic (exact) mass is 557 g/mol. The molecule has 0 aromatic rings. The molecule has 8 heteroatoms. The van der Waals surface area contributed by atoms with Crippen molar-refractivity contribution in [3.05, 3.63) is 24.3 Å². The van der Waals surface area contributed by atoms with E-state index in [1.54, 1.807) is 9.80 Å². The Kier molecular flexibility index (Phi) is 8.13. The second-order valence-corrected chi connectivity index (χ2v) is 14.8. The predicted molar refractivity (Wildman–Crippen MR) is 155 cm³/mol. The molecule has 1 N–H and O–H groups in total. The number of carbonyl (C=O) groups is 3. The average Bonchev–Trinajstić information content (AvgIpc) is 3.09. The van der Waals surface area contributed by atoms with Crippen molar-refractivity contribution >= 4 is 17.7 Å². The highest BCUT2D eigenvalue weighted by Gasteiger charge is 2.75. The Bertz CT molecular complexity index is 1070. The number of aliphatic hydroxyl groups is 1. The van der Waals surface area contributed by atoms with Crippen LogP contribution in [0.5, 0.6) is 0 Å². The quantitative estimate of drug-likeness (QED) is 0.459. The van der Waals surface area contributed by atoms with E-state index in [1.807, 2.05) is 56.9 Å². The van der Waals surface area contributed by atoms with Gasteiger partial charge in [0.25, 0.3) is 0 Å². The molecule has 0 radical (unpaired) electrons. The van der Waals surface area contributed by atoms with Gasteiger partial charge < -0.3 is 24.5 Å². The van der Waals surface area contributed by atoms with Crippen LogP contribution in [0.3, 0.4) is 0 Å². The number of ether oxygens (including phenoxy) is 1. The first-order valence-electron chi connectivity index (χ1n) is 15.1. The molecule has 0 aromatic heterocycles. The molecule has 4 heterocycles. The van der Waals surface area contributed by atoms with Crippen LogP contribution in [0.25, 0.3) is 0 Å². The molecule has 3 amide bonds. The Labute approximate surface area is 240 Å². The number of carbonyl (C=O) groups excluding carboxylic acids is 3. The fourth-order valence-electron chi connectivity index (χ4n) is 8.13. The molecule has 6 atom stereocenters. The van der Waals surface area contributed by atoms with Gasteiger partial charge in [0.15, 0.2) is 0 Å². The zero-order valence-corrected chi connectivity index (χ0v) is 26.1. The second-order valence-electron chi connectivity index (χ2n) is 14.8. The molecular weight excluding hydrogens is 506 g/mol. The maximum atomic E-state index is 14.8. The maximum Gasteiger partial charge on any atom is 0.249 e. The Hall–Kier alpha value is -2.19. The summed E-state index contributed by atoms with van der Waals surface area (Å²) in [5.74, 6) is -1.98. The lowest BCUT2D eigenvalue weighted by atomic mass is 9.74. The topological polar surface area (TPSA) is 90.4 Å². The Morgan fingerprint density at radius 3 is 2.23 bits per heavy atom. The van der Waals surface area contributed by atoms with E-state index < -0.39 is 40.7 Å². The van der Waals surface area contributed by atoms with Gasteiger partial charge in [-0.2, -0.15) is 0 Å². The van der Waals surface area contributed by atoms with E-state index in [-0.39, 0.29) is 35.7 Å². The third kappa shape index (κ3) is 5.04. The van der Waals surface area contributed by atoms with Gasteiger partial charge >= 0.3 is 0 Å². The van der Waals surface area contributed by atoms with E-state index in [0.29, 0.717) is 26.1 Å². The van der Waals surface area contributed by atoms with Gasteiger partial charge in [0.2, 0.25) is 17.7 Å². The van der Waals surface area contributed by atoms with Gasteiger partial charge in [-0.15, -0.1) is 0 Å². The van der Waals surface area contributed by atoms with E-state index in [0.717, 1.165) is 12.8 Å². The summed E-state index contributed by atoms with van der Waals surface area (Å²) in [4.78, 5) is 48.8. The molecule has 0 aromatic carbocycles. The van der Waals surface area contributed by atoms with Crippen LogP contribution in [0.4, 0.5) is 0 Å². The summed E-state index contributed by atoms with van der Waals surface area (Å²) in [5.41, 5.74) is -2.86. The molecule has 1 spiro atoms. The molecule has 4 aliphatic rings. The minimum atomic E-state index is -1.31. The molecule has 4 rings (SSSR count). The van der Waals surface area contributed by atoms with Gasteiger partial charge in [-0.3, -0.25) is 14.4 Å². The fraction of sp³-hybridized carbons (Fsp3) is 0.781. The molecule has 40 heavy (non-hydrogen) atoms. The van der Waals surface area contributed by atoms with Crippen LogP contribution >= 0.6 is 0 Å². The van der Waals surface area contributed by atoms with Crippen molar-refractivity contribution in [2.24, 2.45) is 23.2 Å². The third-order valence-corrected chi connectivity index (χ3v) is 9.11. The van der Waals surface area contributed by atoms with Crippen molar-refractivity contribution < 1.29 is 24.2 Å². The predicted octanol–water partition coefficient (Wildman–Crippen LogP) is 3.79. The lowest BCUT2D eigenvalue weighted by Gasteiger charge is -2.46. The van der Waals surface area contributed by atoms with E-state index in [4.69, 9.17) is 4.74 Å². The Morgan fingerprint density at radius 2 is 1.65 bits per heavy atom. The van der Waals surface area contributed by atoms with Crippen molar-refractivity contribution in [3.8, 4) is 0 Å². The molecule has 2 fully saturated rings. The molecule has 0 bridgehead atoms. The van der Waals surface area contributed by atoms with Gasteiger partial charge in [-0.05, 0) is 51.4 Å². The molecule has 1 unspecified atom stereocenters. The van der Waals surface area contributed by atoms with Crippen molar-refractivity contribution in [2.45, 2.75) is 110 Å². The molecule has 4 aliphatic heterocycles. The van der Waals surface area contributed by atoms with Crippen LogP contribution in [0.15, 0.2) is 24.3 Å². The fourth-order valence-corrected chi connectivity index (χ4v) is 8.13. The molecule has 0 saturated carbocycles. The van der Waals surface area contributed by atoms with E-state index in [9.17, 15) is 19.5 Å². The molecular formula is C32H51N3O5. The normalized spacial score (nSPS) is 33.3. The van der Waals surface area contributed by atoms with Crippen LogP contribution in [0, 0.1) is 23.2 Å².